The van der Waals surface area contributed by atoms with Crippen molar-refractivity contribution in [3.63, 3.8) is 0 Å². The highest BCUT2D eigenvalue weighted by Gasteiger charge is 2.17. The van der Waals surface area contributed by atoms with Crippen LogP contribution >= 0.6 is 0 Å². The molecule has 166 valence electrons. The topological polar surface area (TPSA) is 66.5 Å². The number of hydrogen-bond donors (Lipinski definition) is 2. The highest BCUT2D eigenvalue weighted by Crippen LogP contribution is 2.31. The molecule has 0 aliphatic heterocycles. The Morgan fingerprint density at radius 2 is 1.94 bits per heavy atom. The molecule has 0 saturated carbocycles. The summed E-state index contributed by atoms with van der Waals surface area (Å²) in [5.41, 5.74) is 4.13. The average Bonchev–Trinajstić information content (AvgIpc) is 2.79. The molecule has 3 rings (SSSR count). The first-order valence-electron chi connectivity index (χ1n) is 10.6. The first kappa shape index (κ1) is 23.0. The number of benzene rings is 2. The molecule has 1 atom stereocenters. The maximum atomic E-state index is 13.4. The van der Waals surface area contributed by atoms with Crippen molar-refractivity contribution in [3.05, 3.63) is 99.9 Å². The second-order valence-corrected chi connectivity index (χ2v) is 7.47. The fourth-order valence-corrected chi connectivity index (χ4v) is 3.37. The maximum Gasteiger partial charge on any atom is 0.248 e. The lowest BCUT2D eigenvalue weighted by molar-refractivity contribution is 0.411. The largest absolute Gasteiger partial charge is 0.496 e. The van der Waals surface area contributed by atoms with E-state index in [0.717, 1.165) is 34.4 Å². The Balaban J connectivity index is 2.09. The van der Waals surface area contributed by atoms with E-state index in [-0.39, 0.29) is 17.4 Å². The van der Waals surface area contributed by atoms with E-state index in [2.05, 4.69) is 15.3 Å². The minimum Gasteiger partial charge on any atom is -0.496 e. The molecule has 0 aliphatic rings. The fraction of sp³-hybridized carbons (Fsp3) is 0.231. The molecule has 32 heavy (non-hydrogen) atoms. The molecule has 2 N–H and O–H groups in total. The zero-order chi connectivity index (χ0) is 23.1. The number of ether oxygens (including phenoxy) is 1. The van der Waals surface area contributed by atoms with E-state index in [4.69, 9.17) is 4.74 Å². The van der Waals surface area contributed by atoms with Gasteiger partial charge in [0.05, 0.1) is 13.2 Å². The number of aliphatic imine (C=N–C) groups is 1. The number of nitrogens with zero attached hydrogens (tertiary/aromatic N) is 1. The number of pyridine rings is 1. The molecule has 1 heterocycles. The summed E-state index contributed by atoms with van der Waals surface area (Å²) in [5.74, 6) is 1.07. The van der Waals surface area contributed by atoms with Gasteiger partial charge in [-0.15, -0.1) is 0 Å². The van der Waals surface area contributed by atoms with E-state index in [0.29, 0.717) is 11.6 Å². The third-order valence-electron chi connectivity index (χ3n) is 5.17. The fourth-order valence-electron chi connectivity index (χ4n) is 3.37. The van der Waals surface area contributed by atoms with Gasteiger partial charge >= 0.3 is 0 Å². The Bertz CT molecular complexity index is 1180. The van der Waals surface area contributed by atoms with E-state index in [1.54, 1.807) is 31.5 Å². The zero-order valence-corrected chi connectivity index (χ0v) is 18.8. The summed E-state index contributed by atoms with van der Waals surface area (Å²) < 4.78 is 19.1. The number of hydrogen-bond acceptors (Lipinski definition) is 3. The van der Waals surface area contributed by atoms with Crippen molar-refractivity contribution in [1.29, 1.82) is 0 Å². The van der Waals surface area contributed by atoms with E-state index >= 15 is 0 Å². The SMILES string of the molecule is CC/C=C/N=C(/NC(C)c1cccc(=O)[nH]1)c1cc(-c2ccc(F)cc2)cc(OC)c1C. The molecule has 3 aromatic rings. The minimum atomic E-state index is -0.285. The van der Waals surface area contributed by atoms with Crippen molar-refractivity contribution in [2.75, 3.05) is 7.11 Å². The molecule has 0 amide bonds. The van der Waals surface area contributed by atoms with Crippen molar-refractivity contribution >= 4 is 5.84 Å². The van der Waals surface area contributed by atoms with Gasteiger partial charge in [0.25, 0.3) is 0 Å². The van der Waals surface area contributed by atoms with Crippen LogP contribution in [0, 0.1) is 12.7 Å². The molecule has 0 bridgehead atoms. The number of methoxy groups -OCH3 is 1. The summed E-state index contributed by atoms with van der Waals surface area (Å²) in [7, 11) is 1.62. The van der Waals surface area contributed by atoms with Gasteiger partial charge in [-0.1, -0.05) is 31.2 Å². The van der Waals surface area contributed by atoms with Gasteiger partial charge in [0, 0.05) is 29.1 Å². The molecule has 6 heteroatoms. The second kappa shape index (κ2) is 10.6. The Morgan fingerprint density at radius 1 is 1.19 bits per heavy atom. The first-order valence-corrected chi connectivity index (χ1v) is 10.6. The quantitative estimate of drug-likeness (QED) is 0.381. The van der Waals surface area contributed by atoms with Crippen LogP contribution in [0.3, 0.4) is 0 Å². The van der Waals surface area contributed by atoms with Crippen LogP contribution in [0.25, 0.3) is 11.1 Å². The normalized spacial score (nSPS) is 12.7. The lowest BCUT2D eigenvalue weighted by atomic mass is 9.97. The number of allylic oxidation sites excluding steroid dienone is 1. The van der Waals surface area contributed by atoms with Crippen LogP contribution in [-0.2, 0) is 0 Å². The molecule has 5 nitrogen and oxygen atoms in total. The van der Waals surface area contributed by atoms with Crippen LogP contribution in [0.1, 0.15) is 43.1 Å². The molecular weight excluding hydrogens is 405 g/mol. The summed E-state index contributed by atoms with van der Waals surface area (Å²) in [4.78, 5) is 19.3. The lowest BCUT2D eigenvalue weighted by Crippen LogP contribution is -2.29. The second-order valence-electron chi connectivity index (χ2n) is 7.47. The van der Waals surface area contributed by atoms with E-state index in [9.17, 15) is 9.18 Å². The molecule has 0 radical (unpaired) electrons. The summed E-state index contributed by atoms with van der Waals surface area (Å²) in [6.07, 6.45) is 4.59. The number of aromatic amines is 1. The van der Waals surface area contributed by atoms with Gasteiger partial charge in [-0.3, -0.25) is 4.79 Å². The molecule has 2 aromatic carbocycles. The minimum absolute atomic E-state index is 0.156. The molecule has 0 saturated heterocycles. The van der Waals surface area contributed by atoms with Crippen molar-refractivity contribution in [3.8, 4) is 16.9 Å². The van der Waals surface area contributed by atoms with Gasteiger partial charge in [0.1, 0.15) is 17.4 Å². The number of amidine groups is 1. The van der Waals surface area contributed by atoms with Gasteiger partial charge in [0.15, 0.2) is 0 Å². The van der Waals surface area contributed by atoms with E-state index < -0.39 is 0 Å². The molecule has 1 unspecified atom stereocenters. The van der Waals surface area contributed by atoms with Gasteiger partial charge < -0.3 is 15.0 Å². The maximum absolute atomic E-state index is 13.4. The van der Waals surface area contributed by atoms with Crippen LogP contribution in [0.2, 0.25) is 0 Å². The predicted molar refractivity (Wildman–Crippen MR) is 128 cm³/mol. The Labute approximate surface area is 187 Å². The Morgan fingerprint density at radius 3 is 2.59 bits per heavy atom. The van der Waals surface area contributed by atoms with Crippen molar-refractivity contribution in [2.45, 2.75) is 33.2 Å². The smallest absolute Gasteiger partial charge is 0.248 e. The zero-order valence-electron chi connectivity index (χ0n) is 18.8. The van der Waals surface area contributed by atoms with Crippen LogP contribution < -0.4 is 15.6 Å². The Kier molecular flexibility index (Phi) is 7.60. The Hall–Kier alpha value is -3.67. The average molecular weight is 434 g/mol. The van der Waals surface area contributed by atoms with Crippen LogP contribution in [0.4, 0.5) is 4.39 Å². The predicted octanol–water partition coefficient (Wildman–Crippen LogP) is 5.52. The molecule has 1 aromatic heterocycles. The van der Waals surface area contributed by atoms with Gasteiger partial charge in [-0.25, -0.2) is 9.38 Å². The molecule has 0 fully saturated rings. The van der Waals surface area contributed by atoms with Gasteiger partial charge in [-0.2, -0.15) is 0 Å². The van der Waals surface area contributed by atoms with Crippen LogP contribution in [0.5, 0.6) is 5.75 Å². The summed E-state index contributed by atoms with van der Waals surface area (Å²) in [6, 6.07) is 15.2. The molecular formula is C26H28FN3O2. The monoisotopic (exact) mass is 433 g/mol. The summed E-state index contributed by atoms with van der Waals surface area (Å²) in [5, 5.41) is 3.43. The number of aromatic nitrogens is 1. The van der Waals surface area contributed by atoms with Crippen molar-refractivity contribution in [1.82, 2.24) is 10.3 Å². The van der Waals surface area contributed by atoms with Crippen molar-refractivity contribution in [2.24, 2.45) is 4.99 Å². The summed E-state index contributed by atoms with van der Waals surface area (Å²) >= 11 is 0. The highest BCUT2D eigenvalue weighted by atomic mass is 19.1. The standard InChI is InChI=1S/C26H28FN3O2/c1-5-6-14-28-26(29-18(3)23-8-7-9-25(31)30-23)22-15-20(16-24(32-4)17(22)2)19-10-12-21(27)13-11-19/h6-16,18H,5H2,1-4H3,(H,28,29)(H,30,31)/b14-6+. The lowest BCUT2D eigenvalue weighted by Gasteiger charge is -2.20. The van der Waals surface area contributed by atoms with Crippen molar-refractivity contribution < 1.29 is 9.13 Å². The number of H-pyrrole nitrogens is 1. The highest BCUT2D eigenvalue weighted by molar-refractivity contribution is 6.02. The summed E-state index contributed by atoms with van der Waals surface area (Å²) in [6.45, 7) is 5.97. The van der Waals surface area contributed by atoms with Crippen LogP contribution in [-0.4, -0.2) is 17.9 Å². The third-order valence-corrected chi connectivity index (χ3v) is 5.17. The molecule has 0 aliphatic carbocycles. The number of halogens is 1. The van der Waals surface area contributed by atoms with E-state index in [1.165, 1.54) is 18.2 Å². The van der Waals surface area contributed by atoms with Gasteiger partial charge in [0.2, 0.25) is 5.56 Å². The van der Waals surface area contributed by atoms with Crippen LogP contribution in [0.15, 0.2) is 76.7 Å². The van der Waals surface area contributed by atoms with Gasteiger partial charge in [-0.05, 0) is 61.7 Å². The first-order chi connectivity index (χ1) is 15.4. The number of rotatable bonds is 7. The third kappa shape index (κ3) is 5.52. The number of nitrogens with one attached hydrogen (secondary N) is 2. The molecule has 0 spiro atoms. The van der Waals surface area contributed by atoms with E-state index in [1.807, 2.05) is 45.0 Å².